The van der Waals surface area contributed by atoms with Crippen LogP contribution in [0.1, 0.15) is 31.2 Å². The molecule has 0 spiro atoms. The first-order chi connectivity index (χ1) is 13.5. The predicted molar refractivity (Wildman–Crippen MR) is 126 cm³/mol. The molecule has 0 unspecified atom stereocenters. The Morgan fingerprint density at radius 2 is 1.86 bits per heavy atom. The number of methoxy groups -OCH3 is 2. The van der Waals surface area contributed by atoms with Gasteiger partial charge in [-0.25, -0.2) is 4.99 Å². The van der Waals surface area contributed by atoms with Gasteiger partial charge in [0.25, 0.3) is 0 Å². The highest BCUT2D eigenvalue weighted by Crippen LogP contribution is 2.27. The number of rotatable bonds is 10. The van der Waals surface area contributed by atoms with Crippen molar-refractivity contribution in [2.45, 2.75) is 32.2 Å². The Morgan fingerprint density at radius 1 is 1.17 bits per heavy atom. The fourth-order valence-corrected chi connectivity index (χ4v) is 3.33. The van der Waals surface area contributed by atoms with Crippen molar-refractivity contribution in [2.75, 3.05) is 40.4 Å². The van der Waals surface area contributed by atoms with Gasteiger partial charge in [-0.2, -0.15) is 0 Å². The highest BCUT2D eigenvalue weighted by Gasteiger charge is 2.22. The monoisotopic (exact) mass is 519 g/mol. The van der Waals surface area contributed by atoms with Crippen LogP contribution in [-0.4, -0.2) is 57.2 Å². The molecule has 1 amide bonds. The van der Waals surface area contributed by atoms with Crippen LogP contribution in [0, 0.1) is 5.92 Å². The van der Waals surface area contributed by atoms with E-state index in [2.05, 4.69) is 15.2 Å². The number of carbonyl (C=O) groups is 1. The van der Waals surface area contributed by atoms with Crippen LogP contribution in [0.5, 0.6) is 11.5 Å². The van der Waals surface area contributed by atoms with Crippen LogP contribution < -0.4 is 26.3 Å². The number of nitrogens with one attached hydrogen (secondary N) is 1. The van der Waals surface area contributed by atoms with Crippen LogP contribution in [0.25, 0.3) is 0 Å². The van der Waals surface area contributed by atoms with Gasteiger partial charge in [0.05, 0.1) is 20.8 Å². The normalized spacial score (nSPS) is 15.4. The number of benzene rings is 1. The molecule has 0 bridgehead atoms. The lowest BCUT2D eigenvalue weighted by molar-refractivity contribution is -0.123. The van der Waals surface area contributed by atoms with Crippen molar-refractivity contribution in [1.29, 1.82) is 0 Å². The van der Waals surface area contributed by atoms with Crippen molar-refractivity contribution in [3.05, 3.63) is 23.8 Å². The van der Waals surface area contributed by atoms with Crippen molar-refractivity contribution >= 4 is 35.8 Å². The summed E-state index contributed by atoms with van der Waals surface area (Å²) in [6, 6.07) is 5.70. The van der Waals surface area contributed by atoms with E-state index in [4.69, 9.17) is 20.9 Å². The number of nitrogens with zero attached hydrogens (tertiary/aromatic N) is 2. The Kier molecular flexibility index (Phi) is 11.7. The molecule has 2 rings (SSSR count). The minimum Gasteiger partial charge on any atom is -0.493 e. The second-order valence-corrected chi connectivity index (χ2v) is 7.04. The van der Waals surface area contributed by atoms with Crippen LogP contribution >= 0.6 is 24.0 Å². The van der Waals surface area contributed by atoms with E-state index < -0.39 is 0 Å². The number of hydrogen-bond donors (Lipinski definition) is 3. The van der Waals surface area contributed by atoms with E-state index in [1.54, 1.807) is 14.2 Å². The van der Waals surface area contributed by atoms with E-state index in [0.717, 1.165) is 57.4 Å². The molecule has 29 heavy (non-hydrogen) atoms. The molecule has 1 aromatic carbocycles. The minimum absolute atomic E-state index is 0. The standard InChI is InChI=1S/C20H33N5O3.HI/c1-27-17-6-5-15(13-18(17)28-2)14-24-20(22)23-9-3-4-10-25-11-7-16(8-12-25)19(21)26;/h5-6,13,16H,3-4,7-12,14H2,1-2H3,(H2,21,26)(H3,22,23,24);1H. The zero-order chi connectivity index (χ0) is 20.4. The van der Waals surface area contributed by atoms with Gasteiger partial charge in [-0.1, -0.05) is 6.07 Å². The zero-order valence-corrected chi connectivity index (χ0v) is 19.7. The van der Waals surface area contributed by atoms with Crippen LogP contribution in [0.3, 0.4) is 0 Å². The summed E-state index contributed by atoms with van der Waals surface area (Å²) in [4.78, 5) is 18.0. The molecular formula is C20H34IN5O3. The van der Waals surface area contributed by atoms with Crippen molar-refractivity contribution < 1.29 is 14.3 Å². The molecule has 0 aliphatic carbocycles. The molecule has 0 aromatic heterocycles. The van der Waals surface area contributed by atoms with Crippen molar-refractivity contribution in [3.8, 4) is 11.5 Å². The molecule has 1 saturated heterocycles. The quantitative estimate of drug-likeness (QED) is 0.188. The molecule has 0 radical (unpaired) electrons. The topological polar surface area (TPSA) is 115 Å². The average Bonchev–Trinajstić information content (AvgIpc) is 2.72. The first-order valence-corrected chi connectivity index (χ1v) is 9.80. The fraction of sp³-hybridized carbons (Fsp3) is 0.600. The maximum Gasteiger partial charge on any atom is 0.220 e. The number of nitrogens with two attached hydrogens (primary N) is 2. The SMILES string of the molecule is COc1ccc(CN=C(N)NCCCCN2CCC(C(N)=O)CC2)cc1OC.I. The Bertz CT molecular complexity index is 664. The Morgan fingerprint density at radius 3 is 2.48 bits per heavy atom. The lowest BCUT2D eigenvalue weighted by atomic mass is 9.96. The van der Waals surface area contributed by atoms with E-state index in [0.29, 0.717) is 24.0 Å². The summed E-state index contributed by atoms with van der Waals surface area (Å²) in [6.07, 6.45) is 3.85. The van der Waals surface area contributed by atoms with E-state index in [-0.39, 0.29) is 35.8 Å². The first-order valence-electron chi connectivity index (χ1n) is 9.80. The zero-order valence-electron chi connectivity index (χ0n) is 17.4. The van der Waals surface area contributed by atoms with Gasteiger partial charge in [0.15, 0.2) is 17.5 Å². The van der Waals surface area contributed by atoms with Gasteiger partial charge in [0.2, 0.25) is 5.91 Å². The number of piperidine rings is 1. The van der Waals surface area contributed by atoms with Gasteiger partial charge >= 0.3 is 0 Å². The largest absolute Gasteiger partial charge is 0.493 e. The van der Waals surface area contributed by atoms with Crippen LogP contribution in [0.15, 0.2) is 23.2 Å². The maximum absolute atomic E-state index is 11.2. The molecule has 1 aromatic rings. The van der Waals surface area contributed by atoms with Crippen LogP contribution in [0.2, 0.25) is 0 Å². The highest BCUT2D eigenvalue weighted by molar-refractivity contribution is 14.0. The number of guanidine groups is 1. The number of primary amides is 1. The summed E-state index contributed by atoms with van der Waals surface area (Å²) in [7, 11) is 3.22. The van der Waals surface area contributed by atoms with E-state index in [1.165, 1.54) is 0 Å². The Hall–Kier alpha value is -1.75. The molecular weight excluding hydrogens is 485 g/mol. The van der Waals surface area contributed by atoms with Gasteiger partial charge in [-0.3, -0.25) is 4.79 Å². The molecule has 0 saturated carbocycles. The lowest BCUT2D eigenvalue weighted by Crippen LogP contribution is -2.39. The van der Waals surface area contributed by atoms with Crippen molar-refractivity contribution in [3.63, 3.8) is 0 Å². The molecule has 0 atom stereocenters. The van der Waals surface area contributed by atoms with Crippen molar-refractivity contribution in [2.24, 2.45) is 22.4 Å². The molecule has 9 heteroatoms. The van der Waals surface area contributed by atoms with Gasteiger partial charge < -0.3 is 31.2 Å². The van der Waals surface area contributed by atoms with Gasteiger partial charge in [0.1, 0.15) is 0 Å². The maximum atomic E-state index is 11.2. The molecule has 1 fully saturated rings. The van der Waals surface area contributed by atoms with Gasteiger partial charge in [-0.05, 0) is 63.0 Å². The van der Waals surface area contributed by atoms with Crippen LogP contribution in [-0.2, 0) is 11.3 Å². The molecule has 1 aliphatic rings. The second-order valence-electron chi connectivity index (χ2n) is 7.04. The highest BCUT2D eigenvalue weighted by atomic mass is 127. The third-order valence-electron chi connectivity index (χ3n) is 5.08. The van der Waals surface area contributed by atoms with Crippen LogP contribution in [0.4, 0.5) is 0 Å². The number of hydrogen-bond acceptors (Lipinski definition) is 5. The molecule has 1 aliphatic heterocycles. The van der Waals surface area contributed by atoms with Crippen molar-refractivity contribution in [1.82, 2.24) is 10.2 Å². The number of unbranched alkanes of at least 4 members (excludes halogenated alkanes) is 1. The Labute approximate surface area is 190 Å². The van der Waals surface area contributed by atoms with E-state index in [9.17, 15) is 4.79 Å². The minimum atomic E-state index is -0.160. The number of aliphatic imine (C=N–C) groups is 1. The summed E-state index contributed by atoms with van der Waals surface area (Å²) in [6.45, 7) is 4.22. The summed E-state index contributed by atoms with van der Waals surface area (Å²) in [5.41, 5.74) is 12.3. The number of ether oxygens (including phenoxy) is 2. The summed E-state index contributed by atoms with van der Waals surface area (Å²) in [5.74, 6) is 1.71. The molecule has 164 valence electrons. The molecule has 1 heterocycles. The molecule has 5 N–H and O–H groups in total. The smallest absolute Gasteiger partial charge is 0.220 e. The number of amides is 1. The number of carbonyl (C=O) groups excluding carboxylic acids is 1. The number of halogens is 1. The van der Waals surface area contributed by atoms with E-state index in [1.807, 2.05) is 18.2 Å². The lowest BCUT2D eigenvalue weighted by Gasteiger charge is -2.30. The summed E-state index contributed by atoms with van der Waals surface area (Å²) >= 11 is 0. The number of likely N-dealkylation sites (tertiary alicyclic amines) is 1. The summed E-state index contributed by atoms with van der Waals surface area (Å²) in [5, 5.41) is 3.16. The predicted octanol–water partition coefficient (Wildman–Crippen LogP) is 1.70. The second kappa shape index (κ2) is 13.5. The fourth-order valence-electron chi connectivity index (χ4n) is 3.33. The van der Waals surface area contributed by atoms with Gasteiger partial charge in [0, 0.05) is 12.5 Å². The molecule has 8 nitrogen and oxygen atoms in total. The summed E-state index contributed by atoms with van der Waals surface area (Å²) < 4.78 is 10.5. The third kappa shape index (κ3) is 8.65. The Balaban J connectivity index is 0.00000420. The van der Waals surface area contributed by atoms with E-state index >= 15 is 0 Å². The first kappa shape index (κ1) is 25.3. The van der Waals surface area contributed by atoms with Gasteiger partial charge in [-0.15, -0.1) is 24.0 Å². The third-order valence-corrected chi connectivity index (χ3v) is 5.08. The average molecular weight is 519 g/mol.